The lowest BCUT2D eigenvalue weighted by Crippen LogP contribution is -2.17. The maximum Gasteiger partial charge on any atom is 0.0754 e. The highest BCUT2D eigenvalue weighted by Gasteiger charge is 2.13. The molecule has 0 radical (unpaired) electrons. The minimum absolute atomic E-state index is 0.380. The molecular weight excluding hydrogens is 432 g/mol. The van der Waals surface area contributed by atoms with Crippen molar-refractivity contribution in [1.82, 2.24) is 9.79 Å². The Morgan fingerprint density at radius 1 is 0.750 bits per heavy atom. The number of hydrogen-bond donors (Lipinski definition) is 2. The van der Waals surface area contributed by atoms with Crippen molar-refractivity contribution >= 4 is 23.3 Å². The molecule has 0 saturated heterocycles. The maximum atomic E-state index is 10.3. The van der Waals surface area contributed by atoms with Crippen LogP contribution in [0.4, 0.5) is 0 Å². The molecule has 0 aliphatic carbocycles. The fourth-order valence-electron chi connectivity index (χ4n) is 3.75. The molecule has 3 aromatic carbocycles. The molecule has 0 fully saturated rings. The predicted octanol–water partition coefficient (Wildman–Crippen LogP) is 6.96. The first kappa shape index (κ1) is 22.8. The largest absolute Gasteiger partial charge is 0.313 e. The van der Waals surface area contributed by atoms with Crippen LogP contribution in [-0.2, 0) is 13.1 Å². The van der Waals surface area contributed by atoms with Crippen LogP contribution in [0.15, 0.2) is 107 Å². The highest BCUT2D eigenvalue weighted by molar-refractivity contribution is 7.99. The SMILES string of the molecule is ON(Cc1ccccc1)Cc1ccc(SNCCC(c2ccccc2)c2ccccc2)s1. The molecule has 0 bridgehead atoms. The fraction of sp³-hybridized carbons (Fsp3) is 0.185. The number of benzene rings is 3. The smallest absolute Gasteiger partial charge is 0.0754 e. The molecule has 0 amide bonds. The van der Waals surface area contributed by atoms with Crippen molar-refractivity contribution in [2.45, 2.75) is 29.6 Å². The van der Waals surface area contributed by atoms with Crippen molar-refractivity contribution in [2.75, 3.05) is 6.54 Å². The average molecular weight is 461 g/mol. The van der Waals surface area contributed by atoms with E-state index in [1.165, 1.54) is 20.4 Å². The first-order valence-electron chi connectivity index (χ1n) is 10.8. The minimum atomic E-state index is 0.380. The Morgan fingerprint density at radius 3 is 1.97 bits per heavy atom. The lowest BCUT2D eigenvalue weighted by Gasteiger charge is -2.18. The third kappa shape index (κ3) is 6.79. The second kappa shape index (κ2) is 12.0. The first-order chi connectivity index (χ1) is 15.8. The molecule has 4 aromatic rings. The summed E-state index contributed by atoms with van der Waals surface area (Å²) in [6, 6.07) is 35.7. The molecule has 0 aliphatic rings. The van der Waals surface area contributed by atoms with Crippen LogP contribution in [0.1, 0.15) is 33.9 Å². The standard InChI is InChI=1S/C27H28N2OS2/c30-29(20-22-10-4-1-5-11-22)21-25-16-17-27(31-25)32-28-19-18-26(23-12-6-2-7-13-23)24-14-8-3-9-15-24/h1-17,26,28,30H,18-21H2. The lowest BCUT2D eigenvalue weighted by atomic mass is 9.89. The Hall–Kier alpha value is -2.41. The van der Waals surface area contributed by atoms with E-state index in [0.29, 0.717) is 19.0 Å². The van der Waals surface area contributed by atoms with Crippen LogP contribution >= 0.6 is 23.3 Å². The molecule has 1 heterocycles. The van der Waals surface area contributed by atoms with Crippen molar-refractivity contribution in [1.29, 1.82) is 0 Å². The topological polar surface area (TPSA) is 35.5 Å². The van der Waals surface area contributed by atoms with Gasteiger partial charge < -0.3 is 5.21 Å². The molecule has 4 rings (SSSR count). The van der Waals surface area contributed by atoms with Gasteiger partial charge in [-0.05, 0) is 47.2 Å². The molecular formula is C27H28N2OS2. The minimum Gasteiger partial charge on any atom is -0.313 e. The third-order valence-electron chi connectivity index (χ3n) is 5.29. The molecule has 0 aliphatic heterocycles. The maximum absolute atomic E-state index is 10.3. The average Bonchev–Trinajstić information content (AvgIpc) is 3.28. The van der Waals surface area contributed by atoms with Gasteiger partial charge in [0.1, 0.15) is 0 Å². The Kier molecular flexibility index (Phi) is 8.54. The van der Waals surface area contributed by atoms with E-state index in [1.54, 1.807) is 23.3 Å². The van der Waals surface area contributed by atoms with Gasteiger partial charge in [-0.15, -0.1) is 11.3 Å². The van der Waals surface area contributed by atoms with E-state index in [9.17, 15) is 5.21 Å². The summed E-state index contributed by atoms with van der Waals surface area (Å²) in [6.07, 6.45) is 1.03. The van der Waals surface area contributed by atoms with Crippen molar-refractivity contribution in [3.05, 3.63) is 125 Å². The second-order valence-corrected chi connectivity index (χ2v) is 10.0. The molecule has 0 atom stereocenters. The van der Waals surface area contributed by atoms with Crippen LogP contribution in [0.25, 0.3) is 0 Å². The molecule has 0 unspecified atom stereocenters. The molecule has 0 saturated carbocycles. The zero-order valence-electron chi connectivity index (χ0n) is 17.9. The Labute approximate surface area is 198 Å². The van der Waals surface area contributed by atoms with Gasteiger partial charge in [0, 0.05) is 23.9 Å². The number of nitrogens with one attached hydrogen (secondary N) is 1. The third-order valence-corrected chi connectivity index (χ3v) is 7.35. The molecule has 1 aromatic heterocycles. The van der Waals surface area contributed by atoms with Crippen molar-refractivity contribution in [2.24, 2.45) is 0 Å². The molecule has 5 heteroatoms. The molecule has 2 N–H and O–H groups in total. The van der Waals surface area contributed by atoms with Gasteiger partial charge in [0.05, 0.1) is 10.8 Å². The monoisotopic (exact) mass is 460 g/mol. The van der Waals surface area contributed by atoms with Gasteiger partial charge in [0.15, 0.2) is 0 Å². The molecule has 0 spiro atoms. The summed E-state index contributed by atoms with van der Waals surface area (Å²) < 4.78 is 4.74. The lowest BCUT2D eigenvalue weighted by molar-refractivity contribution is -0.107. The summed E-state index contributed by atoms with van der Waals surface area (Å²) in [6.45, 7) is 1.97. The van der Waals surface area contributed by atoms with Gasteiger partial charge in [-0.3, -0.25) is 4.72 Å². The quantitative estimate of drug-likeness (QED) is 0.144. The van der Waals surface area contributed by atoms with Crippen LogP contribution in [0.5, 0.6) is 0 Å². The molecule has 164 valence electrons. The Bertz CT molecular complexity index is 1020. The van der Waals surface area contributed by atoms with Gasteiger partial charge in [-0.2, -0.15) is 5.06 Å². The van der Waals surface area contributed by atoms with E-state index in [2.05, 4.69) is 77.5 Å². The number of rotatable bonds is 11. The molecule has 32 heavy (non-hydrogen) atoms. The summed E-state index contributed by atoms with van der Waals surface area (Å²) in [5, 5.41) is 11.6. The summed E-state index contributed by atoms with van der Waals surface area (Å²) in [5.74, 6) is 0.380. The van der Waals surface area contributed by atoms with Crippen LogP contribution < -0.4 is 4.72 Å². The van der Waals surface area contributed by atoms with E-state index >= 15 is 0 Å². The first-order valence-corrected chi connectivity index (χ1v) is 12.5. The predicted molar refractivity (Wildman–Crippen MR) is 135 cm³/mol. The highest BCUT2D eigenvalue weighted by Crippen LogP contribution is 2.29. The van der Waals surface area contributed by atoms with E-state index in [0.717, 1.165) is 23.4 Å². The van der Waals surface area contributed by atoms with Crippen LogP contribution in [-0.4, -0.2) is 16.8 Å². The van der Waals surface area contributed by atoms with E-state index in [1.807, 2.05) is 30.3 Å². The van der Waals surface area contributed by atoms with Crippen LogP contribution in [0.3, 0.4) is 0 Å². The van der Waals surface area contributed by atoms with Gasteiger partial charge in [-0.25, -0.2) is 0 Å². The van der Waals surface area contributed by atoms with E-state index in [-0.39, 0.29) is 0 Å². The second-order valence-electron chi connectivity index (χ2n) is 7.69. The summed E-state index contributed by atoms with van der Waals surface area (Å²) in [7, 11) is 0. The van der Waals surface area contributed by atoms with Crippen molar-refractivity contribution in [3.8, 4) is 0 Å². The molecule has 3 nitrogen and oxygen atoms in total. The normalized spacial score (nSPS) is 11.3. The Morgan fingerprint density at radius 2 is 1.34 bits per heavy atom. The Balaban J connectivity index is 1.26. The van der Waals surface area contributed by atoms with E-state index < -0.39 is 0 Å². The van der Waals surface area contributed by atoms with Gasteiger partial charge in [0.25, 0.3) is 0 Å². The number of hydrogen-bond acceptors (Lipinski definition) is 5. The summed E-state index contributed by atoms with van der Waals surface area (Å²) in [4.78, 5) is 1.15. The van der Waals surface area contributed by atoms with Crippen LogP contribution in [0, 0.1) is 0 Å². The summed E-state index contributed by atoms with van der Waals surface area (Å²) in [5.41, 5.74) is 3.81. The van der Waals surface area contributed by atoms with E-state index in [4.69, 9.17) is 0 Å². The van der Waals surface area contributed by atoms with Gasteiger partial charge in [-0.1, -0.05) is 91.0 Å². The summed E-state index contributed by atoms with van der Waals surface area (Å²) >= 11 is 3.40. The zero-order valence-corrected chi connectivity index (χ0v) is 19.6. The number of hydroxylamine groups is 2. The zero-order chi connectivity index (χ0) is 22.0. The van der Waals surface area contributed by atoms with Crippen LogP contribution in [0.2, 0.25) is 0 Å². The fourth-order valence-corrected chi connectivity index (χ4v) is 5.66. The number of nitrogens with zero attached hydrogens (tertiary/aromatic N) is 1. The van der Waals surface area contributed by atoms with Gasteiger partial charge >= 0.3 is 0 Å². The number of thiophene rings is 1. The van der Waals surface area contributed by atoms with Gasteiger partial charge in [0.2, 0.25) is 0 Å². The highest BCUT2D eigenvalue weighted by atomic mass is 32.2. The van der Waals surface area contributed by atoms with Crippen molar-refractivity contribution < 1.29 is 5.21 Å². The van der Waals surface area contributed by atoms with Crippen molar-refractivity contribution in [3.63, 3.8) is 0 Å².